The smallest absolute Gasteiger partial charge is 0.360 e. The number of aromatic nitrogens is 2. The van der Waals surface area contributed by atoms with E-state index in [0.717, 1.165) is 0 Å². The predicted octanol–water partition coefficient (Wildman–Crippen LogP) is 1.44. The van der Waals surface area contributed by atoms with E-state index in [1.807, 2.05) is 0 Å². The SMILES string of the molecule is COC(=O)c1nn(Cc2ccccc2F)cc1N. The molecule has 6 heteroatoms. The molecular formula is C12H12FN3O2. The zero-order chi connectivity index (χ0) is 13.1. The Labute approximate surface area is 103 Å². The molecule has 0 spiro atoms. The summed E-state index contributed by atoms with van der Waals surface area (Å²) in [6.45, 7) is 0.202. The number of hydrogen-bond acceptors (Lipinski definition) is 4. The van der Waals surface area contributed by atoms with Gasteiger partial charge in [0, 0.05) is 11.8 Å². The molecule has 2 aromatic rings. The van der Waals surface area contributed by atoms with Crippen molar-refractivity contribution in [2.24, 2.45) is 0 Å². The summed E-state index contributed by atoms with van der Waals surface area (Å²) in [5.41, 5.74) is 6.34. The van der Waals surface area contributed by atoms with Crippen molar-refractivity contribution >= 4 is 11.7 Å². The van der Waals surface area contributed by atoms with Crippen LogP contribution in [0.5, 0.6) is 0 Å². The maximum absolute atomic E-state index is 13.4. The van der Waals surface area contributed by atoms with Gasteiger partial charge in [-0.25, -0.2) is 9.18 Å². The molecule has 0 bridgehead atoms. The Kier molecular flexibility index (Phi) is 3.27. The minimum absolute atomic E-state index is 0.0360. The van der Waals surface area contributed by atoms with Gasteiger partial charge in [0.25, 0.3) is 0 Å². The molecule has 0 amide bonds. The van der Waals surface area contributed by atoms with E-state index in [9.17, 15) is 9.18 Å². The maximum atomic E-state index is 13.4. The first-order valence-electron chi connectivity index (χ1n) is 5.26. The van der Waals surface area contributed by atoms with Crippen molar-refractivity contribution in [2.45, 2.75) is 6.54 Å². The first-order valence-corrected chi connectivity index (χ1v) is 5.26. The summed E-state index contributed by atoms with van der Waals surface area (Å²) in [5, 5.41) is 3.97. The molecule has 2 N–H and O–H groups in total. The topological polar surface area (TPSA) is 70.1 Å². The average molecular weight is 249 g/mol. The first kappa shape index (κ1) is 12.1. The van der Waals surface area contributed by atoms with Crippen molar-refractivity contribution < 1.29 is 13.9 Å². The lowest BCUT2D eigenvalue weighted by molar-refractivity contribution is 0.0594. The van der Waals surface area contributed by atoms with E-state index in [2.05, 4.69) is 9.84 Å². The summed E-state index contributed by atoms with van der Waals surface area (Å²) in [6, 6.07) is 6.34. The van der Waals surface area contributed by atoms with Gasteiger partial charge in [-0.3, -0.25) is 4.68 Å². The highest BCUT2D eigenvalue weighted by Gasteiger charge is 2.15. The number of esters is 1. The summed E-state index contributed by atoms with van der Waals surface area (Å²) >= 11 is 0. The van der Waals surface area contributed by atoms with E-state index in [-0.39, 0.29) is 23.7 Å². The third-order valence-corrected chi connectivity index (χ3v) is 2.46. The van der Waals surface area contributed by atoms with Gasteiger partial charge in [-0.15, -0.1) is 0 Å². The van der Waals surface area contributed by atoms with Gasteiger partial charge in [-0.05, 0) is 6.07 Å². The van der Waals surface area contributed by atoms with Crippen molar-refractivity contribution in [3.63, 3.8) is 0 Å². The number of ether oxygens (including phenoxy) is 1. The Morgan fingerprint density at radius 3 is 2.89 bits per heavy atom. The van der Waals surface area contributed by atoms with E-state index in [1.54, 1.807) is 18.2 Å². The second-order valence-electron chi connectivity index (χ2n) is 3.71. The molecule has 0 saturated carbocycles. The van der Waals surface area contributed by atoms with Crippen LogP contribution in [0, 0.1) is 5.82 Å². The molecule has 0 aliphatic carbocycles. The van der Waals surface area contributed by atoms with E-state index in [1.165, 1.54) is 24.1 Å². The molecule has 0 aliphatic rings. The number of benzene rings is 1. The zero-order valence-corrected chi connectivity index (χ0v) is 9.76. The predicted molar refractivity (Wildman–Crippen MR) is 63.5 cm³/mol. The third-order valence-electron chi connectivity index (χ3n) is 2.46. The fourth-order valence-corrected chi connectivity index (χ4v) is 1.57. The highest BCUT2D eigenvalue weighted by atomic mass is 19.1. The van der Waals surface area contributed by atoms with Gasteiger partial charge in [0.05, 0.1) is 19.3 Å². The van der Waals surface area contributed by atoms with Gasteiger partial charge >= 0.3 is 5.97 Å². The van der Waals surface area contributed by atoms with Crippen LogP contribution in [0.25, 0.3) is 0 Å². The van der Waals surface area contributed by atoms with Crippen LogP contribution in [-0.4, -0.2) is 22.9 Å². The van der Waals surface area contributed by atoms with Gasteiger partial charge in [0.1, 0.15) is 5.82 Å². The summed E-state index contributed by atoms with van der Waals surface area (Å²) in [6.07, 6.45) is 1.47. The van der Waals surface area contributed by atoms with Gasteiger partial charge in [-0.2, -0.15) is 5.10 Å². The standard InChI is InChI=1S/C12H12FN3O2/c1-18-12(17)11-10(14)7-16(15-11)6-8-4-2-3-5-9(8)13/h2-5,7H,6,14H2,1H3. The number of carbonyl (C=O) groups excluding carboxylic acids is 1. The molecule has 1 aromatic carbocycles. The Morgan fingerprint density at radius 1 is 1.50 bits per heavy atom. The molecule has 5 nitrogen and oxygen atoms in total. The largest absolute Gasteiger partial charge is 0.464 e. The molecule has 1 heterocycles. The zero-order valence-electron chi connectivity index (χ0n) is 9.76. The fourth-order valence-electron chi connectivity index (χ4n) is 1.57. The fraction of sp³-hybridized carbons (Fsp3) is 0.167. The minimum atomic E-state index is -0.611. The normalized spacial score (nSPS) is 10.3. The van der Waals surface area contributed by atoms with Crippen LogP contribution in [0.1, 0.15) is 16.1 Å². The van der Waals surface area contributed by atoms with Crippen molar-refractivity contribution in [3.05, 3.63) is 47.5 Å². The van der Waals surface area contributed by atoms with Crippen molar-refractivity contribution in [1.82, 2.24) is 9.78 Å². The highest BCUT2D eigenvalue weighted by molar-refractivity contribution is 5.92. The summed E-state index contributed by atoms with van der Waals surface area (Å²) < 4.78 is 19.4. The lowest BCUT2D eigenvalue weighted by Crippen LogP contribution is -2.07. The van der Waals surface area contributed by atoms with Gasteiger partial charge in [-0.1, -0.05) is 18.2 Å². The molecule has 94 valence electrons. The third kappa shape index (κ3) is 2.32. The van der Waals surface area contributed by atoms with Gasteiger partial charge in [0.15, 0.2) is 5.69 Å². The van der Waals surface area contributed by atoms with Crippen LogP contribution >= 0.6 is 0 Å². The lowest BCUT2D eigenvalue weighted by atomic mass is 10.2. The number of nitrogens with zero attached hydrogens (tertiary/aromatic N) is 2. The van der Waals surface area contributed by atoms with Crippen LogP contribution in [0.3, 0.4) is 0 Å². The quantitative estimate of drug-likeness (QED) is 0.835. The summed E-state index contributed by atoms with van der Waals surface area (Å²) in [7, 11) is 1.25. The van der Waals surface area contributed by atoms with E-state index >= 15 is 0 Å². The van der Waals surface area contributed by atoms with Crippen LogP contribution in [0.15, 0.2) is 30.5 Å². The maximum Gasteiger partial charge on any atom is 0.360 e. The number of carbonyl (C=O) groups is 1. The molecule has 2 rings (SSSR count). The number of nitrogens with two attached hydrogens (primary N) is 1. The molecule has 0 fully saturated rings. The number of rotatable bonds is 3. The Bertz CT molecular complexity index is 580. The molecule has 1 aromatic heterocycles. The average Bonchev–Trinajstić information content (AvgIpc) is 2.72. The number of nitrogen functional groups attached to an aromatic ring is 1. The summed E-state index contributed by atoms with van der Waals surface area (Å²) in [5.74, 6) is -0.939. The second kappa shape index (κ2) is 4.87. The molecule has 0 saturated heterocycles. The number of anilines is 1. The highest BCUT2D eigenvalue weighted by Crippen LogP contribution is 2.13. The Balaban J connectivity index is 2.26. The lowest BCUT2D eigenvalue weighted by Gasteiger charge is -2.02. The molecule has 0 radical (unpaired) electrons. The van der Waals surface area contributed by atoms with E-state index in [0.29, 0.717) is 5.56 Å². The van der Waals surface area contributed by atoms with Crippen LogP contribution in [-0.2, 0) is 11.3 Å². The molecule has 0 aliphatic heterocycles. The molecule has 18 heavy (non-hydrogen) atoms. The number of hydrogen-bond donors (Lipinski definition) is 1. The van der Waals surface area contributed by atoms with Crippen molar-refractivity contribution in [2.75, 3.05) is 12.8 Å². The Morgan fingerprint density at radius 2 is 2.22 bits per heavy atom. The monoisotopic (exact) mass is 249 g/mol. The van der Waals surface area contributed by atoms with Crippen LogP contribution < -0.4 is 5.73 Å². The van der Waals surface area contributed by atoms with Gasteiger partial charge < -0.3 is 10.5 Å². The molecule has 0 unspecified atom stereocenters. The van der Waals surface area contributed by atoms with Crippen LogP contribution in [0.4, 0.5) is 10.1 Å². The second-order valence-corrected chi connectivity index (χ2v) is 3.71. The van der Waals surface area contributed by atoms with E-state index < -0.39 is 5.97 Å². The summed E-state index contributed by atoms with van der Waals surface area (Å²) in [4.78, 5) is 11.3. The van der Waals surface area contributed by atoms with E-state index in [4.69, 9.17) is 5.73 Å². The first-order chi connectivity index (χ1) is 8.61. The van der Waals surface area contributed by atoms with Crippen LogP contribution in [0.2, 0.25) is 0 Å². The van der Waals surface area contributed by atoms with Gasteiger partial charge in [0.2, 0.25) is 0 Å². The minimum Gasteiger partial charge on any atom is -0.464 e. The Hall–Kier alpha value is -2.37. The number of halogens is 1. The molecule has 0 atom stereocenters. The molecular weight excluding hydrogens is 237 g/mol. The van der Waals surface area contributed by atoms with Crippen molar-refractivity contribution in [3.8, 4) is 0 Å². The number of methoxy groups -OCH3 is 1. The van der Waals surface area contributed by atoms with Crippen molar-refractivity contribution in [1.29, 1.82) is 0 Å².